The van der Waals surface area contributed by atoms with Crippen LogP contribution in [0.5, 0.6) is 0 Å². The van der Waals surface area contributed by atoms with Crippen molar-refractivity contribution in [1.82, 2.24) is 14.9 Å². The Morgan fingerprint density at radius 3 is 2.55 bits per heavy atom. The molecule has 0 bridgehead atoms. The first kappa shape index (κ1) is 23.2. The summed E-state index contributed by atoms with van der Waals surface area (Å²) in [6, 6.07) is 8.11. The number of carbonyl (C=O) groups is 1. The molecule has 6 nitrogen and oxygen atoms in total. The second-order valence-corrected chi connectivity index (χ2v) is 8.82. The van der Waals surface area contributed by atoms with Crippen molar-refractivity contribution >= 4 is 23.3 Å². The topological polar surface area (TPSA) is 62.5 Å². The van der Waals surface area contributed by atoms with E-state index in [9.17, 15) is 9.18 Å². The number of amides is 1. The molecule has 0 unspecified atom stereocenters. The maximum Gasteiger partial charge on any atom is 0.289 e. The molecule has 1 saturated heterocycles. The van der Waals surface area contributed by atoms with Crippen LogP contribution >= 0.6 is 11.6 Å². The van der Waals surface area contributed by atoms with Crippen molar-refractivity contribution in [3.8, 4) is 0 Å². The molecule has 33 heavy (non-hydrogen) atoms. The van der Waals surface area contributed by atoms with Crippen LogP contribution in [0, 0.1) is 12.7 Å². The van der Waals surface area contributed by atoms with E-state index >= 15 is 0 Å². The number of halogens is 2. The molecule has 1 fully saturated rings. The summed E-state index contributed by atoms with van der Waals surface area (Å²) in [6.07, 6.45) is 2.73. The van der Waals surface area contributed by atoms with Crippen molar-refractivity contribution in [3.05, 3.63) is 75.8 Å². The summed E-state index contributed by atoms with van der Waals surface area (Å²) in [5, 5.41) is 0.389. The fourth-order valence-electron chi connectivity index (χ4n) is 4.03. The Hall–Kier alpha value is -2.93. The molecule has 1 atom stereocenters. The number of carbonyl (C=O) groups excluding carboxylic acids is 1. The predicted octanol–water partition coefficient (Wildman–Crippen LogP) is 5.24. The highest BCUT2D eigenvalue weighted by atomic mass is 35.5. The molecular formula is C25H28ClFN4O2. The van der Waals surface area contributed by atoms with Gasteiger partial charge in [0.05, 0.1) is 6.26 Å². The Balaban J connectivity index is 1.64. The molecule has 0 saturated carbocycles. The number of aromatic nitrogens is 2. The van der Waals surface area contributed by atoms with Crippen molar-refractivity contribution in [2.75, 3.05) is 31.1 Å². The van der Waals surface area contributed by atoms with Crippen molar-refractivity contribution in [1.29, 1.82) is 0 Å². The minimum atomic E-state index is -0.340. The van der Waals surface area contributed by atoms with E-state index in [0.29, 0.717) is 48.9 Å². The Bertz CT molecular complexity index is 1110. The van der Waals surface area contributed by atoms with Gasteiger partial charge in [0.25, 0.3) is 5.91 Å². The van der Waals surface area contributed by atoms with Gasteiger partial charge in [0, 0.05) is 60.4 Å². The van der Waals surface area contributed by atoms with Gasteiger partial charge in [-0.25, -0.2) is 14.4 Å². The Labute approximate surface area is 198 Å². The van der Waals surface area contributed by atoms with Gasteiger partial charge in [0.2, 0.25) is 0 Å². The minimum Gasteiger partial charge on any atom is -0.459 e. The van der Waals surface area contributed by atoms with E-state index in [4.69, 9.17) is 26.0 Å². The van der Waals surface area contributed by atoms with Crippen LogP contribution in [0.2, 0.25) is 5.02 Å². The number of rotatable bonds is 6. The zero-order chi connectivity index (χ0) is 23.5. The third kappa shape index (κ3) is 4.88. The van der Waals surface area contributed by atoms with Crippen LogP contribution in [-0.2, 0) is 6.42 Å². The molecule has 8 heteroatoms. The predicted molar refractivity (Wildman–Crippen MR) is 127 cm³/mol. The van der Waals surface area contributed by atoms with Crippen LogP contribution in [0.25, 0.3) is 0 Å². The molecule has 3 aromatic rings. The number of furan rings is 1. The largest absolute Gasteiger partial charge is 0.459 e. The van der Waals surface area contributed by atoms with Gasteiger partial charge >= 0.3 is 0 Å². The minimum absolute atomic E-state index is 0.114. The molecule has 0 N–H and O–H groups in total. The molecule has 3 heterocycles. The first-order valence-electron chi connectivity index (χ1n) is 11.3. The summed E-state index contributed by atoms with van der Waals surface area (Å²) in [6.45, 7) is 8.46. The summed E-state index contributed by atoms with van der Waals surface area (Å²) in [5.41, 5.74) is 2.12. The van der Waals surface area contributed by atoms with Crippen molar-refractivity contribution in [3.63, 3.8) is 0 Å². The van der Waals surface area contributed by atoms with E-state index in [0.717, 1.165) is 29.3 Å². The third-order valence-electron chi connectivity index (χ3n) is 6.28. The van der Waals surface area contributed by atoms with E-state index in [-0.39, 0.29) is 17.6 Å². The zero-order valence-electron chi connectivity index (χ0n) is 19.1. The number of benzene rings is 1. The normalized spacial score (nSPS) is 15.1. The molecule has 2 aromatic heterocycles. The Morgan fingerprint density at radius 2 is 1.91 bits per heavy atom. The van der Waals surface area contributed by atoms with Gasteiger partial charge in [0.1, 0.15) is 17.5 Å². The van der Waals surface area contributed by atoms with E-state index in [1.165, 1.54) is 12.3 Å². The van der Waals surface area contributed by atoms with E-state index in [1.54, 1.807) is 29.2 Å². The van der Waals surface area contributed by atoms with Crippen LogP contribution < -0.4 is 4.90 Å². The van der Waals surface area contributed by atoms with E-state index in [1.807, 2.05) is 6.92 Å². The number of hydrogen-bond donors (Lipinski definition) is 0. The monoisotopic (exact) mass is 470 g/mol. The summed E-state index contributed by atoms with van der Waals surface area (Å²) >= 11 is 6.33. The van der Waals surface area contributed by atoms with Gasteiger partial charge in [-0.15, -0.1) is 0 Å². The molecule has 1 aliphatic rings. The van der Waals surface area contributed by atoms with E-state index in [2.05, 4.69) is 18.7 Å². The molecule has 1 aliphatic heterocycles. The second kappa shape index (κ2) is 9.91. The van der Waals surface area contributed by atoms with Gasteiger partial charge < -0.3 is 14.2 Å². The van der Waals surface area contributed by atoms with Gasteiger partial charge in [-0.1, -0.05) is 31.5 Å². The number of hydrogen-bond acceptors (Lipinski definition) is 5. The molecular weight excluding hydrogens is 443 g/mol. The standard InChI is InChI=1S/C25H28ClFN4O2/c1-4-16(2)23-28-17(3)18(15-19-20(26)7-5-8-21(19)27)24(29-23)30-10-12-31(13-11-30)25(32)22-9-6-14-33-22/h5-9,14,16H,4,10-13,15H2,1-3H3/t16-/m0/s1. The van der Waals surface area contributed by atoms with Gasteiger partial charge in [-0.05, 0) is 37.6 Å². The number of anilines is 1. The smallest absolute Gasteiger partial charge is 0.289 e. The van der Waals surface area contributed by atoms with Crippen LogP contribution in [-0.4, -0.2) is 47.0 Å². The van der Waals surface area contributed by atoms with Gasteiger partial charge in [-0.2, -0.15) is 0 Å². The second-order valence-electron chi connectivity index (χ2n) is 8.41. The molecule has 0 radical (unpaired) electrons. The SMILES string of the molecule is CC[C@H](C)c1nc(C)c(Cc2c(F)cccc2Cl)c(N2CCN(C(=O)c3ccco3)CC2)n1. The lowest BCUT2D eigenvalue weighted by molar-refractivity contribution is 0.0714. The Kier molecular flexibility index (Phi) is 6.98. The fraction of sp³-hybridized carbons (Fsp3) is 0.400. The lowest BCUT2D eigenvalue weighted by Gasteiger charge is -2.36. The molecule has 0 spiro atoms. The maximum atomic E-state index is 14.6. The average molecular weight is 471 g/mol. The summed E-state index contributed by atoms with van der Waals surface area (Å²) in [5.74, 6) is 1.67. The van der Waals surface area contributed by atoms with Crippen molar-refractivity contribution < 1.29 is 13.6 Å². The first-order valence-corrected chi connectivity index (χ1v) is 11.6. The quantitative estimate of drug-likeness (QED) is 0.493. The number of piperazine rings is 1. The van der Waals surface area contributed by atoms with Crippen LogP contribution in [0.4, 0.5) is 10.2 Å². The maximum absolute atomic E-state index is 14.6. The molecule has 174 valence electrons. The average Bonchev–Trinajstić information content (AvgIpc) is 3.36. The highest BCUT2D eigenvalue weighted by Gasteiger charge is 2.27. The number of nitrogens with zero attached hydrogens (tertiary/aromatic N) is 4. The van der Waals surface area contributed by atoms with Crippen LogP contribution in [0.1, 0.15) is 59.4 Å². The first-order chi connectivity index (χ1) is 15.9. The molecule has 0 aliphatic carbocycles. The third-order valence-corrected chi connectivity index (χ3v) is 6.63. The number of aryl methyl sites for hydroxylation is 1. The molecule has 4 rings (SSSR count). The van der Waals surface area contributed by atoms with Gasteiger partial charge in [-0.3, -0.25) is 4.79 Å². The summed E-state index contributed by atoms with van der Waals surface area (Å²) in [4.78, 5) is 26.3. The summed E-state index contributed by atoms with van der Waals surface area (Å²) < 4.78 is 19.9. The highest BCUT2D eigenvalue weighted by Crippen LogP contribution is 2.31. The molecule has 1 aromatic carbocycles. The van der Waals surface area contributed by atoms with Crippen LogP contribution in [0.15, 0.2) is 41.0 Å². The molecule has 1 amide bonds. The van der Waals surface area contributed by atoms with Gasteiger partial charge in [0.15, 0.2) is 5.76 Å². The van der Waals surface area contributed by atoms with Crippen LogP contribution in [0.3, 0.4) is 0 Å². The summed E-state index contributed by atoms with van der Waals surface area (Å²) in [7, 11) is 0. The Morgan fingerprint density at radius 1 is 1.15 bits per heavy atom. The lowest BCUT2D eigenvalue weighted by atomic mass is 10.0. The highest BCUT2D eigenvalue weighted by molar-refractivity contribution is 6.31. The zero-order valence-corrected chi connectivity index (χ0v) is 19.9. The van der Waals surface area contributed by atoms with E-state index < -0.39 is 0 Å². The lowest BCUT2D eigenvalue weighted by Crippen LogP contribution is -2.49. The van der Waals surface area contributed by atoms with Crippen molar-refractivity contribution in [2.24, 2.45) is 0 Å². The van der Waals surface area contributed by atoms with Crippen molar-refractivity contribution in [2.45, 2.75) is 39.5 Å². The fourth-order valence-corrected chi connectivity index (χ4v) is 4.26.